The lowest BCUT2D eigenvalue weighted by Gasteiger charge is -2.08. The van der Waals surface area contributed by atoms with Gasteiger partial charge in [-0.3, -0.25) is 9.48 Å². The van der Waals surface area contributed by atoms with E-state index in [0.717, 1.165) is 0 Å². The van der Waals surface area contributed by atoms with Crippen LogP contribution in [-0.4, -0.2) is 27.5 Å². The van der Waals surface area contributed by atoms with Crippen molar-refractivity contribution in [1.82, 2.24) is 9.78 Å². The number of hydrogen-bond donors (Lipinski definition) is 1. The van der Waals surface area contributed by atoms with Gasteiger partial charge in [0.25, 0.3) is 0 Å². The number of aliphatic carboxylic acids is 1. The van der Waals surface area contributed by atoms with Gasteiger partial charge in [0.1, 0.15) is 6.67 Å². The molecule has 72 valence electrons. The van der Waals surface area contributed by atoms with Gasteiger partial charge in [0, 0.05) is 6.20 Å². The van der Waals surface area contributed by atoms with E-state index >= 15 is 0 Å². The molecule has 0 aliphatic carbocycles. The fraction of sp³-hybridized carbons (Fsp3) is 0.500. The van der Waals surface area contributed by atoms with Crippen LogP contribution in [0.3, 0.4) is 0 Å². The lowest BCUT2D eigenvalue weighted by molar-refractivity contribution is -0.138. The first-order chi connectivity index (χ1) is 6.16. The van der Waals surface area contributed by atoms with Crippen LogP contribution in [0.5, 0.6) is 0 Å². The zero-order valence-electron chi connectivity index (χ0n) is 7.27. The van der Waals surface area contributed by atoms with Gasteiger partial charge in [0.05, 0.1) is 18.2 Å². The van der Waals surface area contributed by atoms with Crippen LogP contribution in [0, 0.1) is 0 Å². The maximum atomic E-state index is 12.0. The molecule has 1 atom stereocenters. The predicted octanol–water partition coefficient (Wildman–Crippen LogP) is 1.04. The van der Waals surface area contributed by atoms with Crippen LogP contribution in [0.2, 0.25) is 0 Å². The van der Waals surface area contributed by atoms with E-state index in [1.54, 1.807) is 13.0 Å². The maximum Gasteiger partial charge on any atom is 0.312 e. The molecule has 1 aromatic rings. The summed E-state index contributed by atoms with van der Waals surface area (Å²) in [6.07, 6.45) is 1.48. The molecule has 0 amide bonds. The molecule has 0 aliphatic rings. The average molecular weight is 186 g/mol. The Morgan fingerprint density at radius 3 is 3.08 bits per heavy atom. The fourth-order valence-electron chi connectivity index (χ4n) is 1.10. The number of hydrogen-bond acceptors (Lipinski definition) is 2. The van der Waals surface area contributed by atoms with E-state index in [1.807, 2.05) is 0 Å². The number of carboxylic acids is 1. The van der Waals surface area contributed by atoms with E-state index in [-0.39, 0.29) is 6.54 Å². The third kappa shape index (κ3) is 2.05. The van der Waals surface area contributed by atoms with Crippen LogP contribution in [0.1, 0.15) is 18.5 Å². The summed E-state index contributed by atoms with van der Waals surface area (Å²) in [5.41, 5.74) is 0.533. The van der Waals surface area contributed by atoms with Gasteiger partial charge in [-0.2, -0.15) is 5.10 Å². The van der Waals surface area contributed by atoms with E-state index in [9.17, 15) is 9.18 Å². The van der Waals surface area contributed by atoms with Crippen LogP contribution in [0.15, 0.2) is 12.3 Å². The van der Waals surface area contributed by atoms with Crippen molar-refractivity contribution < 1.29 is 14.3 Å². The summed E-state index contributed by atoms with van der Waals surface area (Å²) in [5.74, 6) is -1.57. The van der Waals surface area contributed by atoms with Gasteiger partial charge in [-0.15, -0.1) is 0 Å². The van der Waals surface area contributed by atoms with E-state index < -0.39 is 18.6 Å². The smallest absolute Gasteiger partial charge is 0.312 e. The Hall–Kier alpha value is -1.39. The number of rotatable bonds is 4. The number of aromatic nitrogens is 2. The summed E-state index contributed by atoms with van der Waals surface area (Å²) in [5, 5.41) is 12.5. The molecule has 1 unspecified atom stereocenters. The van der Waals surface area contributed by atoms with E-state index in [0.29, 0.717) is 5.69 Å². The number of alkyl halides is 1. The van der Waals surface area contributed by atoms with Gasteiger partial charge >= 0.3 is 5.97 Å². The highest BCUT2D eigenvalue weighted by molar-refractivity contribution is 5.74. The number of nitrogens with zero attached hydrogens (tertiary/aromatic N) is 2. The zero-order valence-corrected chi connectivity index (χ0v) is 7.27. The summed E-state index contributed by atoms with van der Waals surface area (Å²) >= 11 is 0. The lowest BCUT2D eigenvalue weighted by Crippen LogP contribution is -2.14. The third-order valence-electron chi connectivity index (χ3n) is 1.86. The summed E-state index contributed by atoms with van der Waals surface area (Å²) in [6.45, 7) is 1.12. The van der Waals surface area contributed by atoms with Gasteiger partial charge in [-0.1, -0.05) is 0 Å². The highest BCUT2D eigenvalue weighted by atomic mass is 19.1. The van der Waals surface area contributed by atoms with Gasteiger partial charge in [0.15, 0.2) is 0 Å². The predicted molar refractivity (Wildman–Crippen MR) is 44.3 cm³/mol. The second-order valence-corrected chi connectivity index (χ2v) is 2.73. The zero-order chi connectivity index (χ0) is 9.84. The molecule has 0 saturated heterocycles. The van der Waals surface area contributed by atoms with Gasteiger partial charge in [-0.05, 0) is 13.0 Å². The minimum absolute atomic E-state index is 0.111. The van der Waals surface area contributed by atoms with Crippen LogP contribution in [-0.2, 0) is 11.3 Å². The molecule has 0 bridgehead atoms. The quantitative estimate of drug-likeness (QED) is 0.764. The van der Waals surface area contributed by atoms with Crippen molar-refractivity contribution in [3.8, 4) is 0 Å². The van der Waals surface area contributed by atoms with Crippen molar-refractivity contribution in [2.45, 2.75) is 19.4 Å². The van der Waals surface area contributed by atoms with Crippen molar-refractivity contribution >= 4 is 5.97 Å². The van der Waals surface area contributed by atoms with E-state index in [2.05, 4.69) is 5.10 Å². The highest BCUT2D eigenvalue weighted by Crippen LogP contribution is 2.14. The van der Waals surface area contributed by atoms with Crippen LogP contribution in [0.25, 0.3) is 0 Å². The minimum Gasteiger partial charge on any atom is -0.481 e. The van der Waals surface area contributed by atoms with Crippen molar-refractivity contribution in [2.24, 2.45) is 0 Å². The number of halogens is 1. The van der Waals surface area contributed by atoms with Crippen molar-refractivity contribution in [1.29, 1.82) is 0 Å². The van der Waals surface area contributed by atoms with Crippen LogP contribution < -0.4 is 0 Å². The first kappa shape index (κ1) is 9.70. The van der Waals surface area contributed by atoms with Crippen LogP contribution in [0.4, 0.5) is 4.39 Å². The normalized spacial score (nSPS) is 12.8. The van der Waals surface area contributed by atoms with Crippen molar-refractivity contribution in [3.05, 3.63) is 18.0 Å². The number of aryl methyl sites for hydroxylation is 1. The average Bonchev–Trinajstić information content (AvgIpc) is 2.52. The van der Waals surface area contributed by atoms with Gasteiger partial charge < -0.3 is 5.11 Å². The molecule has 1 rings (SSSR count). The topological polar surface area (TPSA) is 55.1 Å². The first-order valence-corrected chi connectivity index (χ1v) is 3.97. The molecular formula is C8H11FN2O2. The molecule has 0 saturated carbocycles. The largest absolute Gasteiger partial charge is 0.481 e. The van der Waals surface area contributed by atoms with Gasteiger partial charge in [0.2, 0.25) is 0 Å². The molecule has 4 nitrogen and oxygen atoms in total. The molecule has 0 radical (unpaired) electrons. The summed E-state index contributed by atoms with van der Waals surface area (Å²) in [6, 6.07) is 1.59. The molecule has 0 spiro atoms. The Morgan fingerprint density at radius 1 is 1.85 bits per heavy atom. The molecule has 1 heterocycles. The molecule has 1 aromatic heterocycles. The minimum atomic E-state index is -0.930. The molecule has 0 fully saturated rings. The fourth-order valence-corrected chi connectivity index (χ4v) is 1.10. The molecular weight excluding hydrogens is 175 g/mol. The Morgan fingerprint density at radius 2 is 2.54 bits per heavy atom. The SMILES string of the molecule is CC(C(=O)O)c1ccnn1CCF. The van der Waals surface area contributed by atoms with E-state index in [1.165, 1.54) is 10.9 Å². The molecule has 5 heteroatoms. The number of carbonyl (C=O) groups is 1. The monoisotopic (exact) mass is 186 g/mol. The Bertz CT molecular complexity index is 298. The molecule has 13 heavy (non-hydrogen) atoms. The lowest BCUT2D eigenvalue weighted by atomic mass is 10.1. The highest BCUT2D eigenvalue weighted by Gasteiger charge is 2.17. The summed E-state index contributed by atoms with van der Waals surface area (Å²) in [4.78, 5) is 10.6. The first-order valence-electron chi connectivity index (χ1n) is 3.97. The van der Waals surface area contributed by atoms with Crippen molar-refractivity contribution in [3.63, 3.8) is 0 Å². The molecule has 1 N–H and O–H groups in total. The summed E-state index contributed by atoms with van der Waals surface area (Å²) < 4.78 is 13.4. The Balaban J connectivity index is 2.86. The Kier molecular flexibility index (Phi) is 3.00. The summed E-state index contributed by atoms with van der Waals surface area (Å²) in [7, 11) is 0. The standard InChI is InChI=1S/C8H11FN2O2/c1-6(8(12)13)7-2-4-10-11(7)5-3-9/h2,4,6H,3,5H2,1H3,(H,12,13). The second-order valence-electron chi connectivity index (χ2n) is 2.73. The molecule has 0 aliphatic heterocycles. The molecule has 0 aromatic carbocycles. The third-order valence-corrected chi connectivity index (χ3v) is 1.86. The van der Waals surface area contributed by atoms with Crippen molar-refractivity contribution in [2.75, 3.05) is 6.67 Å². The number of carboxylic acid groups (broad SMARTS) is 1. The Labute approximate surface area is 75.0 Å². The van der Waals surface area contributed by atoms with E-state index in [4.69, 9.17) is 5.11 Å². The second kappa shape index (κ2) is 4.02. The van der Waals surface area contributed by atoms with Crippen LogP contribution >= 0.6 is 0 Å². The van der Waals surface area contributed by atoms with Gasteiger partial charge in [-0.25, -0.2) is 4.39 Å². The maximum absolute atomic E-state index is 12.0.